The number of hydrogen-bond donors (Lipinski definition) is 0. The van der Waals surface area contributed by atoms with Crippen LogP contribution >= 0.6 is 11.6 Å². The summed E-state index contributed by atoms with van der Waals surface area (Å²) in [6.45, 7) is 8.33. The first-order chi connectivity index (χ1) is 15.1. The quantitative estimate of drug-likeness (QED) is 0.715. The zero-order valence-electron chi connectivity index (χ0n) is 18.1. The zero-order chi connectivity index (χ0) is 21.4. The van der Waals surface area contributed by atoms with Crippen molar-refractivity contribution in [2.24, 2.45) is 0 Å². The van der Waals surface area contributed by atoms with E-state index in [9.17, 15) is 4.79 Å². The number of carbonyl (C=O) groups excluding carboxylic acids is 1. The van der Waals surface area contributed by atoms with E-state index in [1.165, 1.54) is 17.7 Å². The first-order valence-electron chi connectivity index (χ1n) is 11.5. The van der Waals surface area contributed by atoms with Crippen molar-refractivity contribution in [2.75, 3.05) is 50.7 Å². The fourth-order valence-electron chi connectivity index (χ4n) is 5.08. The lowest BCUT2D eigenvalue weighted by atomic mass is 9.95. The molecule has 3 aliphatic rings. The minimum atomic E-state index is -0.132. The van der Waals surface area contributed by atoms with Gasteiger partial charge in [-0.2, -0.15) is 0 Å². The molecule has 164 valence electrons. The molecule has 2 saturated heterocycles. The van der Waals surface area contributed by atoms with Gasteiger partial charge in [-0.05, 0) is 56.0 Å². The molecule has 1 unspecified atom stereocenters. The van der Waals surface area contributed by atoms with Crippen LogP contribution in [0.1, 0.15) is 48.4 Å². The van der Waals surface area contributed by atoms with Gasteiger partial charge in [-0.15, -0.1) is 0 Å². The van der Waals surface area contributed by atoms with Crippen molar-refractivity contribution in [1.82, 2.24) is 19.8 Å². The second kappa shape index (κ2) is 8.75. The molecule has 6 nitrogen and oxygen atoms in total. The van der Waals surface area contributed by atoms with Gasteiger partial charge < -0.3 is 14.7 Å². The number of carbonyl (C=O) groups is 1. The number of halogens is 1. The summed E-state index contributed by atoms with van der Waals surface area (Å²) >= 11 is 6.09. The number of fused-ring (bicyclic) bond motifs is 1. The molecule has 0 bridgehead atoms. The Labute approximate surface area is 189 Å². The molecule has 7 heteroatoms. The third-order valence-electron chi connectivity index (χ3n) is 7.10. The number of piperazine rings is 1. The molecule has 2 atom stereocenters. The number of likely N-dealkylation sites (tertiary alicyclic amines) is 1. The van der Waals surface area contributed by atoms with Crippen molar-refractivity contribution in [3.8, 4) is 0 Å². The monoisotopic (exact) mass is 439 g/mol. The summed E-state index contributed by atoms with van der Waals surface area (Å²) in [7, 11) is 0. The molecule has 0 radical (unpaired) electrons. The molecule has 1 aliphatic carbocycles. The fourth-order valence-corrected chi connectivity index (χ4v) is 5.20. The summed E-state index contributed by atoms with van der Waals surface area (Å²) in [6, 6.07) is 7.79. The molecule has 1 amide bonds. The molecule has 0 N–H and O–H groups in total. The Kier molecular flexibility index (Phi) is 5.85. The van der Waals surface area contributed by atoms with E-state index in [1.54, 1.807) is 6.33 Å². The van der Waals surface area contributed by atoms with Crippen molar-refractivity contribution in [1.29, 1.82) is 0 Å². The number of rotatable bonds is 5. The number of nitrogens with zero attached hydrogens (tertiary/aromatic N) is 5. The maximum atomic E-state index is 13.6. The van der Waals surface area contributed by atoms with E-state index < -0.39 is 0 Å². The van der Waals surface area contributed by atoms with Gasteiger partial charge in [-0.1, -0.05) is 30.7 Å². The van der Waals surface area contributed by atoms with Gasteiger partial charge in [-0.25, -0.2) is 9.97 Å². The highest BCUT2D eigenvalue weighted by Crippen LogP contribution is 2.37. The zero-order valence-corrected chi connectivity index (χ0v) is 18.9. The van der Waals surface area contributed by atoms with Crippen LogP contribution in [-0.2, 0) is 11.2 Å². The van der Waals surface area contributed by atoms with Crippen LogP contribution in [0.15, 0.2) is 30.6 Å². The van der Waals surface area contributed by atoms with Gasteiger partial charge in [0.2, 0.25) is 5.91 Å². The third kappa shape index (κ3) is 4.15. The van der Waals surface area contributed by atoms with Crippen LogP contribution in [0.4, 0.5) is 5.82 Å². The average Bonchev–Trinajstić information content (AvgIpc) is 3.15. The van der Waals surface area contributed by atoms with Crippen molar-refractivity contribution in [2.45, 2.75) is 38.0 Å². The van der Waals surface area contributed by atoms with Gasteiger partial charge in [-0.3, -0.25) is 4.79 Å². The van der Waals surface area contributed by atoms with Gasteiger partial charge in [0.15, 0.2) is 0 Å². The summed E-state index contributed by atoms with van der Waals surface area (Å²) in [5.41, 5.74) is 3.58. The first kappa shape index (κ1) is 20.7. The summed E-state index contributed by atoms with van der Waals surface area (Å²) in [5.74, 6) is 1.69. The van der Waals surface area contributed by atoms with Crippen LogP contribution in [0.2, 0.25) is 5.02 Å². The SMILES string of the molecule is C[C@@H]1CCc2ncnc(N3CCN(C(=O)C(CN4CCC4)c4ccc(Cl)cc4)CC3)c21. The Bertz CT molecular complexity index is 937. The number of hydrogen-bond acceptors (Lipinski definition) is 5. The molecule has 2 fully saturated rings. The highest BCUT2D eigenvalue weighted by Gasteiger charge is 2.33. The molecular formula is C24H30ClN5O. The summed E-state index contributed by atoms with van der Waals surface area (Å²) in [5, 5.41) is 0.708. The fraction of sp³-hybridized carbons (Fsp3) is 0.542. The summed E-state index contributed by atoms with van der Waals surface area (Å²) < 4.78 is 0. The number of aromatic nitrogens is 2. The van der Waals surface area contributed by atoms with Crippen molar-refractivity contribution in [3.05, 3.63) is 52.4 Å². The van der Waals surface area contributed by atoms with Crippen LogP contribution in [-0.4, -0.2) is 71.5 Å². The van der Waals surface area contributed by atoms with E-state index in [0.717, 1.165) is 70.0 Å². The lowest BCUT2D eigenvalue weighted by molar-refractivity contribution is -0.133. The first-order valence-corrected chi connectivity index (χ1v) is 11.8. The maximum absolute atomic E-state index is 13.6. The van der Waals surface area contributed by atoms with E-state index in [1.807, 2.05) is 29.2 Å². The maximum Gasteiger partial charge on any atom is 0.231 e. The number of aryl methyl sites for hydroxylation is 1. The topological polar surface area (TPSA) is 52.6 Å². The second-order valence-corrected chi connectivity index (χ2v) is 9.50. The third-order valence-corrected chi connectivity index (χ3v) is 7.36. The second-order valence-electron chi connectivity index (χ2n) is 9.07. The van der Waals surface area contributed by atoms with E-state index in [-0.39, 0.29) is 11.8 Å². The molecule has 5 rings (SSSR count). The minimum absolute atomic E-state index is 0.132. The van der Waals surface area contributed by atoms with Gasteiger partial charge in [0.1, 0.15) is 12.1 Å². The molecule has 0 spiro atoms. The Morgan fingerprint density at radius 1 is 1.10 bits per heavy atom. The number of amides is 1. The summed E-state index contributed by atoms with van der Waals surface area (Å²) in [4.78, 5) is 29.5. The van der Waals surface area contributed by atoms with Crippen LogP contribution in [0.25, 0.3) is 0 Å². The molecule has 3 heterocycles. The van der Waals surface area contributed by atoms with Crippen LogP contribution in [0.5, 0.6) is 0 Å². The lowest BCUT2D eigenvalue weighted by Gasteiger charge is -2.39. The molecule has 2 aliphatic heterocycles. The largest absolute Gasteiger partial charge is 0.353 e. The standard InChI is InChI=1S/C24H30ClN5O/c1-17-3-8-21-22(17)23(27-16-26-21)29-11-13-30(14-12-29)24(31)20(15-28-9-2-10-28)18-4-6-19(25)7-5-18/h4-7,16-17,20H,2-3,8-15H2,1H3/t17-,20?/m1/s1. The van der Waals surface area contributed by atoms with Gasteiger partial charge in [0.05, 0.1) is 5.92 Å². The lowest BCUT2D eigenvalue weighted by Crippen LogP contribution is -2.52. The van der Waals surface area contributed by atoms with E-state index >= 15 is 0 Å². The normalized spacial score (nSPS) is 22.2. The Morgan fingerprint density at radius 3 is 2.52 bits per heavy atom. The van der Waals surface area contributed by atoms with Gasteiger partial charge in [0.25, 0.3) is 0 Å². The summed E-state index contributed by atoms with van der Waals surface area (Å²) in [6.07, 6.45) is 5.12. The van der Waals surface area contributed by atoms with Crippen molar-refractivity contribution < 1.29 is 4.79 Å². The Balaban J connectivity index is 1.29. The highest BCUT2D eigenvalue weighted by atomic mass is 35.5. The molecule has 2 aromatic rings. The predicted octanol–water partition coefficient (Wildman–Crippen LogP) is 3.32. The highest BCUT2D eigenvalue weighted by molar-refractivity contribution is 6.30. The number of anilines is 1. The Morgan fingerprint density at radius 2 is 1.84 bits per heavy atom. The van der Waals surface area contributed by atoms with Gasteiger partial charge >= 0.3 is 0 Å². The van der Waals surface area contributed by atoms with E-state index in [4.69, 9.17) is 11.6 Å². The predicted molar refractivity (Wildman–Crippen MR) is 123 cm³/mol. The Hall–Kier alpha value is -2.18. The van der Waals surface area contributed by atoms with Crippen LogP contribution in [0, 0.1) is 0 Å². The molecule has 1 aromatic heterocycles. The van der Waals surface area contributed by atoms with Gasteiger partial charge in [0, 0.05) is 49.0 Å². The van der Waals surface area contributed by atoms with Crippen LogP contribution < -0.4 is 4.90 Å². The molecule has 0 saturated carbocycles. The van der Waals surface area contributed by atoms with Crippen molar-refractivity contribution in [3.63, 3.8) is 0 Å². The van der Waals surface area contributed by atoms with Crippen LogP contribution in [0.3, 0.4) is 0 Å². The van der Waals surface area contributed by atoms with E-state index in [0.29, 0.717) is 10.9 Å². The van der Waals surface area contributed by atoms with E-state index in [2.05, 4.69) is 26.7 Å². The minimum Gasteiger partial charge on any atom is -0.353 e. The molecule has 1 aromatic carbocycles. The molecule has 31 heavy (non-hydrogen) atoms. The van der Waals surface area contributed by atoms with Crippen molar-refractivity contribution >= 4 is 23.3 Å². The smallest absolute Gasteiger partial charge is 0.231 e. The number of benzene rings is 1. The molecular weight excluding hydrogens is 410 g/mol. The average molecular weight is 440 g/mol.